The zero-order valence-electron chi connectivity index (χ0n) is 15.9. The van der Waals surface area contributed by atoms with Gasteiger partial charge in [0.1, 0.15) is 18.2 Å². The molecule has 0 aliphatic heterocycles. The van der Waals surface area contributed by atoms with Crippen LogP contribution < -0.4 is 15.8 Å². The second-order valence-electron chi connectivity index (χ2n) is 6.56. The van der Waals surface area contributed by atoms with Crippen molar-refractivity contribution in [2.24, 2.45) is 12.8 Å². The van der Waals surface area contributed by atoms with Crippen molar-refractivity contribution in [3.8, 4) is 5.75 Å². The molecule has 0 aliphatic rings. The van der Waals surface area contributed by atoms with Gasteiger partial charge >= 0.3 is 0 Å². The lowest BCUT2D eigenvalue weighted by Crippen LogP contribution is -2.23. The number of hydrogen-bond donors (Lipinski definition) is 3. The molecule has 0 aliphatic carbocycles. The standard InChI is InChI=1S/C21H23N5O2/c1-14-4-3-5-16(10-14)21(27)24-12-17-7-6-15(20(22)23)11-19(17)28-13-18-8-9-26(2)25-18/h3-11H,12-13H2,1-2H3,(H3,22,23)(H,24,27). The molecule has 1 amide bonds. The van der Waals surface area contributed by atoms with E-state index in [9.17, 15) is 4.79 Å². The number of aromatic nitrogens is 2. The average molecular weight is 377 g/mol. The number of amidine groups is 1. The maximum Gasteiger partial charge on any atom is 0.251 e. The van der Waals surface area contributed by atoms with Crippen LogP contribution >= 0.6 is 0 Å². The van der Waals surface area contributed by atoms with E-state index in [1.807, 2.05) is 44.4 Å². The van der Waals surface area contributed by atoms with Crippen molar-refractivity contribution in [2.75, 3.05) is 0 Å². The van der Waals surface area contributed by atoms with Crippen molar-refractivity contribution in [3.63, 3.8) is 0 Å². The molecule has 0 saturated carbocycles. The van der Waals surface area contributed by atoms with Crippen molar-refractivity contribution in [1.82, 2.24) is 15.1 Å². The first-order chi connectivity index (χ1) is 13.4. The number of rotatable bonds is 7. The number of nitrogens with two attached hydrogens (primary N) is 1. The molecule has 0 unspecified atom stereocenters. The van der Waals surface area contributed by atoms with E-state index in [0.29, 0.717) is 23.4 Å². The molecule has 3 rings (SSSR count). The van der Waals surface area contributed by atoms with Gasteiger partial charge in [-0.25, -0.2) is 0 Å². The molecule has 4 N–H and O–H groups in total. The van der Waals surface area contributed by atoms with Crippen molar-refractivity contribution in [2.45, 2.75) is 20.1 Å². The second kappa shape index (κ2) is 8.39. The summed E-state index contributed by atoms with van der Waals surface area (Å²) in [5.74, 6) is 0.357. The van der Waals surface area contributed by atoms with Crippen LogP contribution in [0.4, 0.5) is 0 Å². The van der Waals surface area contributed by atoms with Gasteiger partial charge in [-0.2, -0.15) is 5.10 Å². The van der Waals surface area contributed by atoms with E-state index >= 15 is 0 Å². The molecule has 3 aromatic rings. The second-order valence-corrected chi connectivity index (χ2v) is 6.56. The molecule has 0 fully saturated rings. The Balaban J connectivity index is 1.75. The van der Waals surface area contributed by atoms with Crippen molar-refractivity contribution in [3.05, 3.63) is 82.7 Å². The quantitative estimate of drug-likeness (QED) is 0.434. The molecule has 7 heteroatoms. The van der Waals surface area contributed by atoms with Crippen LogP contribution in [0.3, 0.4) is 0 Å². The summed E-state index contributed by atoms with van der Waals surface area (Å²) in [5.41, 5.74) is 9.37. The molecular formula is C21H23N5O2. The first kappa shape index (κ1) is 19.2. The van der Waals surface area contributed by atoms with E-state index in [1.54, 1.807) is 28.9 Å². The van der Waals surface area contributed by atoms with E-state index in [2.05, 4.69) is 10.4 Å². The number of benzene rings is 2. The van der Waals surface area contributed by atoms with Gasteiger partial charge in [-0.05, 0) is 31.2 Å². The molecule has 0 spiro atoms. The van der Waals surface area contributed by atoms with Gasteiger partial charge in [0, 0.05) is 36.5 Å². The highest BCUT2D eigenvalue weighted by Gasteiger charge is 2.11. The van der Waals surface area contributed by atoms with Crippen molar-refractivity contribution < 1.29 is 9.53 Å². The molecule has 0 radical (unpaired) electrons. The summed E-state index contributed by atoms with van der Waals surface area (Å²) in [6, 6.07) is 14.5. The van der Waals surface area contributed by atoms with Gasteiger partial charge in [0.25, 0.3) is 5.91 Å². The van der Waals surface area contributed by atoms with Gasteiger partial charge in [0.15, 0.2) is 0 Å². The number of ether oxygens (including phenoxy) is 1. The zero-order valence-corrected chi connectivity index (χ0v) is 15.9. The Morgan fingerprint density at radius 3 is 2.71 bits per heavy atom. The fourth-order valence-electron chi connectivity index (χ4n) is 2.76. The molecule has 0 atom stereocenters. The normalized spacial score (nSPS) is 10.5. The molecule has 7 nitrogen and oxygen atoms in total. The van der Waals surface area contributed by atoms with Crippen LogP contribution in [0.2, 0.25) is 0 Å². The van der Waals surface area contributed by atoms with Crippen LogP contribution in [-0.2, 0) is 20.2 Å². The fraction of sp³-hybridized carbons (Fsp3) is 0.190. The van der Waals surface area contributed by atoms with E-state index in [4.69, 9.17) is 15.9 Å². The summed E-state index contributed by atoms with van der Waals surface area (Å²) in [4.78, 5) is 12.4. The summed E-state index contributed by atoms with van der Waals surface area (Å²) in [5, 5.41) is 14.8. The first-order valence-corrected chi connectivity index (χ1v) is 8.86. The molecule has 0 bridgehead atoms. The van der Waals surface area contributed by atoms with E-state index in [-0.39, 0.29) is 18.3 Å². The Hall–Kier alpha value is -3.61. The number of nitrogen functional groups attached to an aromatic ring is 1. The third kappa shape index (κ3) is 4.76. The molecule has 0 saturated heterocycles. The summed E-state index contributed by atoms with van der Waals surface area (Å²) in [6.45, 7) is 2.52. The number of amides is 1. The molecule has 144 valence electrons. The Bertz CT molecular complexity index is 1010. The minimum absolute atomic E-state index is 0.0435. The average Bonchev–Trinajstić information content (AvgIpc) is 3.09. The van der Waals surface area contributed by atoms with E-state index in [0.717, 1.165) is 16.8 Å². The smallest absolute Gasteiger partial charge is 0.251 e. The van der Waals surface area contributed by atoms with E-state index in [1.165, 1.54) is 0 Å². The number of carbonyl (C=O) groups is 1. The summed E-state index contributed by atoms with van der Waals surface area (Å²) >= 11 is 0. The van der Waals surface area contributed by atoms with Gasteiger partial charge in [-0.15, -0.1) is 0 Å². The lowest BCUT2D eigenvalue weighted by Gasteiger charge is -2.13. The minimum Gasteiger partial charge on any atom is -0.487 e. The van der Waals surface area contributed by atoms with Gasteiger partial charge in [0.05, 0.1) is 5.69 Å². The third-order valence-corrected chi connectivity index (χ3v) is 4.24. The predicted octanol–water partition coefficient (Wildman–Crippen LogP) is 2.52. The van der Waals surface area contributed by atoms with Crippen LogP contribution in [0.1, 0.15) is 32.7 Å². The van der Waals surface area contributed by atoms with E-state index < -0.39 is 0 Å². The molecular weight excluding hydrogens is 354 g/mol. The summed E-state index contributed by atoms with van der Waals surface area (Å²) < 4.78 is 7.61. The Kier molecular flexibility index (Phi) is 5.74. The van der Waals surface area contributed by atoms with Gasteiger partial charge < -0.3 is 15.8 Å². The number of aryl methyl sites for hydroxylation is 2. The summed E-state index contributed by atoms with van der Waals surface area (Å²) in [6.07, 6.45) is 1.84. The van der Waals surface area contributed by atoms with Crippen LogP contribution in [0, 0.1) is 12.3 Å². The third-order valence-electron chi connectivity index (χ3n) is 4.24. The van der Waals surface area contributed by atoms with Crippen LogP contribution in [0.5, 0.6) is 5.75 Å². The minimum atomic E-state index is -0.157. The first-order valence-electron chi connectivity index (χ1n) is 8.86. The monoisotopic (exact) mass is 377 g/mol. The molecule has 1 aromatic heterocycles. The lowest BCUT2D eigenvalue weighted by atomic mass is 10.1. The van der Waals surface area contributed by atoms with Crippen LogP contribution in [0.25, 0.3) is 0 Å². The van der Waals surface area contributed by atoms with Crippen molar-refractivity contribution >= 4 is 11.7 Å². The lowest BCUT2D eigenvalue weighted by molar-refractivity contribution is 0.0950. The van der Waals surface area contributed by atoms with Crippen molar-refractivity contribution in [1.29, 1.82) is 5.41 Å². The van der Waals surface area contributed by atoms with Crippen LogP contribution in [0.15, 0.2) is 54.7 Å². The molecule has 28 heavy (non-hydrogen) atoms. The largest absolute Gasteiger partial charge is 0.487 e. The molecule has 1 heterocycles. The zero-order chi connectivity index (χ0) is 20.1. The number of nitrogens with zero attached hydrogens (tertiary/aromatic N) is 2. The maximum atomic E-state index is 12.4. The maximum absolute atomic E-state index is 12.4. The SMILES string of the molecule is Cc1cccc(C(=O)NCc2ccc(C(=N)N)cc2OCc2ccn(C)n2)c1. The van der Waals surface area contributed by atoms with Crippen LogP contribution in [-0.4, -0.2) is 21.5 Å². The number of nitrogens with one attached hydrogen (secondary N) is 2. The van der Waals surface area contributed by atoms with Gasteiger partial charge in [0.2, 0.25) is 0 Å². The highest BCUT2D eigenvalue weighted by molar-refractivity contribution is 5.95. The Labute approximate surface area is 163 Å². The Morgan fingerprint density at radius 1 is 1.21 bits per heavy atom. The summed E-state index contributed by atoms with van der Waals surface area (Å²) in [7, 11) is 1.84. The predicted molar refractivity (Wildman–Crippen MR) is 107 cm³/mol. The number of carbonyl (C=O) groups excluding carboxylic acids is 1. The number of hydrogen-bond acceptors (Lipinski definition) is 4. The highest BCUT2D eigenvalue weighted by atomic mass is 16.5. The highest BCUT2D eigenvalue weighted by Crippen LogP contribution is 2.22. The fourth-order valence-corrected chi connectivity index (χ4v) is 2.76. The van der Waals surface area contributed by atoms with Gasteiger partial charge in [-0.1, -0.05) is 29.8 Å². The topological polar surface area (TPSA) is 106 Å². The van der Waals surface area contributed by atoms with Gasteiger partial charge in [-0.3, -0.25) is 14.9 Å². The molecule has 2 aromatic carbocycles. The Morgan fingerprint density at radius 2 is 2.04 bits per heavy atom.